The van der Waals surface area contributed by atoms with E-state index in [1.54, 1.807) is 6.08 Å². The maximum atomic E-state index is 13.0. The molecule has 1 saturated heterocycles. The number of ether oxygens (including phenoxy) is 3. The minimum Gasteiger partial charge on any atom is -0.466 e. The van der Waals surface area contributed by atoms with E-state index in [9.17, 15) is 35.1 Å². The third-order valence-electron chi connectivity index (χ3n) is 12.9. The summed E-state index contributed by atoms with van der Waals surface area (Å²) in [5.74, 6) is -0.210. The van der Waals surface area contributed by atoms with Gasteiger partial charge in [0.25, 0.3) is 0 Å². The maximum absolute atomic E-state index is 13.0. The number of aliphatic hydroxyl groups excluding tert-OH is 5. The van der Waals surface area contributed by atoms with Gasteiger partial charge in [-0.05, 0) is 32.1 Å². The molecule has 11 nitrogen and oxygen atoms in total. The Hall–Kier alpha value is -1.60. The van der Waals surface area contributed by atoms with Crippen LogP contribution in [0.4, 0.5) is 0 Å². The van der Waals surface area contributed by atoms with Crippen molar-refractivity contribution in [1.82, 2.24) is 5.32 Å². The molecule has 0 bridgehead atoms. The zero-order chi connectivity index (χ0) is 46.7. The van der Waals surface area contributed by atoms with Crippen LogP contribution in [0.25, 0.3) is 0 Å². The van der Waals surface area contributed by atoms with Gasteiger partial charge in [0.15, 0.2) is 6.29 Å². The van der Waals surface area contributed by atoms with Gasteiger partial charge in [0.05, 0.1) is 32.0 Å². The molecule has 0 spiro atoms. The highest BCUT2D eigenvalue weighted by atomic mass is 16.7. The molecule has 1 aliphatic rings. The summed E-state index contributed by atoms with van der Waals surface area (Å²) in [6.45, 7) is 4.29. The van der Waals surface area contributed by atoms with Crippen molar-refractivity contribution in [3.63, 3.8) is 0 Å². The summed E-state index contributed by atoms with van der Waals surface area (Å²) in [7, 11) is 0. The van der Waals surface area contributed by atoms with Gasteiger partial charge in [-0.1, -0.05) is 219 Å². The highest BCUT2D eigenvalue weighted by Crippen LogP contribution is 2.23. The Morgan fingerprint density at radius 3 is 1.45 bits per heavy atom. The third-order valence-corrected chi connectivity index (χ3v) is 12.9. The number of rotatable bonds is 46. The van der Waals surface area contributed by atoms with E-state index in [0.29, 0.717) is 19.4 Å². The van der Waals surface area contributed by atoms with Crippen molar-refractivity contribution in [2.75, 3.05) is 19.8 Å². The fourth-order valence-electron chi connectivity index (χ4n) is 8.55. The van der Waals surface area contributed by atoms with Crippen molar-refractivity contribution in [2.24, 2.45) is 0 Å². The molecule has 1 aliphatic heterocycles. The topological polar surface area (TPSA) is 175 Å². The van der Waals surface area contributed by atoms with Crippen LogP contribution in [0.1, 0.15) is 251 Å². The maximum Gasteiger partial charge on any atom is 0.305 e. The first kappa shape index (κ1) is 60.4. The minimum atomic E-state index is -1.57. The van der Waals surface area contributed by atoms with Crippen LogP contribution in [-0.2, 0) is 23.8 Å². The molecular weight excluding hydrogens is 811 g/mol. The first-order valence-corrected chi connectivity index (χ1v) is 27.0. The van der Waals surface area contributed by atoms with Crippen molar-refractivity contribution in [2.45, 2.75) is 294 Å². The average Bonchev–Trinajstić information content (AvgIpc) is 3.29. The lowest BCUT2D eigenvalue weighted by Gasteiger charge is -2.40. The van der Waals surface area contributed by atoms with Crippen molar-refractivity contribution >= 4 is 11.9 Å². The second kappa shape index (κ2) is 43.9. The molecule has 0 aromatic rings. The van der Waals surface area contributed by atoms with E-state index in [1.807, 2.05) is 6.08 Å². The van der Waals surface area contributed by atoms with Crippen LogP contribution >= 0.6 is 0 Å². The number of esters is 1. The van der Waals surface area contributed by atoms with Crippen molar-refractivity contribution in [3.05, 3.63) is 12.2 Å². The SMILES string of the molecule is CCCCCCCCCC/C=C/C(O)C(COC1OC(CO)C(O)C(O)C1O)NC(=O)CCCCCCCCCCCCCCCCCOC(=O)CCCCCCCCCCCCC. The van der Waals surface area contributed by atoms with Gasteiger partial charge in [-0.25, -0.2) is 0 Å². The Kier molecular flexibility index (Phi) is 41.5. The molecule has 378 valence electrons. The van der Waals surface area contributed by atoms with E-state index in [-0.39, 0.29) is 18.5 Å². The standard InChI is InChI=1S/C53H101NO10/c1-3-5-7-9-11-13-20-25-29-33-37-41-49(58)62-42-38-34-30-26-22-19-17-15-16-18-21-24-28-32-36-40-48(57)54-45(44-63-53-52(61)51(60)50(59)47(43-55)64-53)46(56)39-35-31-27-23-14-12-10-8-6-4-2/h35,39,45-47,50-53,55-56,59-61H,3-34,36-38,40-44H2,1-2H3,(H,54,57)/b39-35+. The van der Waals surface area contributed by atoms with Gasteiger partial charge in [-0.2, -0.15) is 0 Å². The Morgan fingerprint density at radius 1 is 0.562 bits per heavy atom. The Balaban J connectivity index is 2.12. The van der Waals surface area contributed by atoms with Crippen LogP contribution in [0.15, 0.2) is 12.2 Å². The minimum absolute atomic E-state index is 0.0189. The third kappa shape index (κ3) is 33.8. The highest BCUT2D eigenvalue weighted by molar-refractivity contribution is 5.76. The lowest BCUT2D eigenvalue weighted by molar-refractivity contribution is -0.302. The van der Waals surface area contributed by atoms with Crippen LogP contribution in [0.5, 0.6) is 0 Å². The van der Waals surface area contributed by atoms with Gasteiger partial charge in [0, 0.05) is 12.8 Å². The normalized spacial score (nSPS) is 19.9. The molecule has 6 N–H and O–H groups in total. The molecule has 0 radical (unpaired) electrons. The first-order valence-electron chi connectivity index (χ1n) is 27.0. The molecule has 11 heteroatoms. The van der Waals surface area contributed by atoms with E-state index in [1.165, 1.54) is 154 Å². The van der Waals surface area contributed by atoms with Gasteiger partial charge in [0.2, 0.25) is 5.91 Å². The number of aliphatic hydroxyl groups is 5. The Labute approximate surface area is 391 Å². The molecule has 0 saturated carbocycles. The van der Waals surface area contributed by atoms with Crippen LogP contribution < -0.4 is 5.32 Å². The summed E-state index contributed by atoms with van der Waals surface area (Å²) in [5.41, 5.74) is 0. The monoisotopic (exact) mass is 912 g/mol. The number of hydrogen-bond donors (Lipinski definition) is 6. The van der Waals surface area contributed by atoms with Gasteiger partial charge >= 0.3 is 5.97 Å². The number of carbonyl (C=O) groups is 2. The summed E-state index contributed by atoms with van der Waals surface area (Å²) in [4.78, 5) is 25.0. The molecular formula is C53H101NO10. The number of hydrogen-bond acceptors (Lipinski definition) is 10. The molecule has 1 rings (SSSR count). The van der Waals surface area contributed by atoms with E-state index < -0.39 is 49.5 Å². The summed E-state index contributed by atoms with van der Waals surface area (Å²) >= 11 is 0. The Bertz CT molecular complexity index is 1080. The summed E-state index contributed by atoms with van der Waals surface area (Å²) in [6.07, 6.45) is 38.6. The van der Waals surface area contributed by atoms with Gasteiger partial charge in [0.1, 0.15) is 24.4 Å². The molecule has 0 aliphatic carbocycles. The largest absolute Gasteiger partial charge is 0.466 e. The van der Waals surface area contributed by atoms with Crippen LogP contribution in [-0.4, -0.2) is 100 Å². The quantitative estimate of drug-likeness (QED) is 0.0196. The van der Waals surface area contributed by atoms with E-state index in [2.05, 4.69) is 19.2 Å². The number of amides is 1. The van der Waals surface area contributed by atoms with Gasteiger partial charge < -0.3 is 45.1 Å². The smallest absolute Gasteiger partial charge is 0.305 e. The van der Waals surface area contributed by atoms with Crippen LogP contribution in [0.3, 0.4) is 0 Å². The molecule has 0 aromatic heterocycles. The van der Waals surface area contributed by atoms with E-state index in [4.69, 9.17) is 14.2 Å². The molecule has 64 heavy (non-hydrogen) atoms. The summed E-state index contributed by atoms with van der Waals surface area (Å²) in [6, 6.07) is -0.814. The van der Waals surface area contributed by atoms with Crippen LogP contribution in [0, 0.1) is 0 Å². The van der Waals surface area contributed by atoms with Crippen LogP contribution in [0.2, 0.25) is 0 Å². The predicted molar refractivity (Wildman–Crippen MR) is 260 cm³/mol. The van der Waals surface area contributed by atoms with E-state index >= 15 is 0 Å². The highest BCUT2D eigenvalue weighted by Gasteiger charge is 2.44. The lowest BCUT2D eigenvalue weighted by Crippen LogP contribution is -2.60. The second-order valence-electron chi connectivity index (χ2n) is 18.9. The fourth-order valence-corrected chi connectivity index (χ4v) is 8.55. The Morgan fingerprint density at radius 2 is 0.984 bits per heavy atom. The van der Waals surface area contributed by atoms with Crippen molar-refractivity contribution < 1.29 is 49.3 Å². The molecule has 7 unspecified atom stereocenters. The zero-order valence-electron chi connectivity index (χ0n) is 41.3. The lowest BCUT2D eigenvalue weighted by atomic mass is 9.99. The second-order valence-corrected chi connectivity index (χ2v) is 18.9. The number of nitrogens with one attached hydrogen (secondary N) is 1. The molecule has 1 amide bonds. The first-order chi connectivity index (χ1) is 31.2. The molecule has 0 aromatic carbocycles. The number of allylic oxidation sites excluding steroid dienone is 1. The fraction of sp³-hybridized carbons (Fsp3) is 0.925. The summed E-state index contributed by atoms with van der Waals surface area (Å²) < 4.78 is 16.6. The van der Waals surface area contributed by atoms with Crippen molar-refractivity contribution in [1.29, 1.82) is 0 Å². The number of unbranched alkanes of at least 4 members (excludes halogenated alkanes) is 32. The average molecular weight is 912 g/mol. The number of carbonyl (C=O) groups excluding carboxylic acids is 2. The summed E-state index contributed by atoms with van der Waals surface area (Å²) in [5, 5.41) is 54.2. The van der Waals surface area contributed by atoms with E-state index in [0.717, 1.165) is 70.6 Å². The molecule has 1 fully saturated rings. The zero-order valence-corrected chi connectivity index (χ0v) is 41.3. The molecule has 7 atom stereocenters. The predicted octanol–water partition coefficient (Wildman–Crippen LogP) is 11.2. The van der Waals surface area contributed by atoms with Gasteiger partial charge in [-0.15, -0.1) is 0 Å². The van der Waals surface area contributed by atoms with Gasteiger partial charge in [-0.3, -0.25) is 9.59 Å². The van der Waals surface area contributed by atoms with Crippen molar-refractivity contribution in [3.8, 4) is 0 Å². The molecule has 1 heterocycles.